The molecule has 0 spiro atoms. The molecule has 1 aliphatic rings. The van der Waals surface area contributed by atoms with Gasteiger partial charge in [0.25, 0.3) is 0 Å². The Morgan fingerprint density at radius 2 is 2.16 bits per heavy atom. The van der Waals surface area contributed by atoms with Gasteiger partial charge in [0, 0.05) is 7.05 Å². The Labute approximate surface area is 110 Å². The summed E-state index contributed by atoms with van der Waals surface area (Å²) < 4.78 is 0. The van der Waals surface area contributed by atoms with Crippen LogP contribution in [-0.2, 0) is 9.59 Å². The molecule has 6 heteroatoms. The molecule has 0 radical (unpaired) electrons. The van der Waals surface area contributed by atoms with E-state index in [9.17, 15) is 9.59 Å². The third-order valence-corrected chi connectivity index (χ3v) is 3.28. The number of hydrogen-bond donors (Lipinski definition) is 1. The van der Waals surface area contributed by atoms with Gasteiger partial charge in [-0.25, -0.2) is 4.79 Å². The first-order valence-corrected chi connectivity index (χ1v) is 5.76. The minimum absolute atomic E-state index is 0.0167. The lowest BCUT2D eigenvalue weighted by Gasteiger charge is -2.37. The molecule has 0 saturated heterocycles. The van der Waals surface area contributed by atoms with Crippen molar-refractivity contribution < 1.29 is 14.7 Å². The van der Waals surface area contributed by atoms with Crippen LogP contribution in [0.4, 0.5) is 11.4 Å². The summed E-state index contributed by atoms with van der Waals surface area (Å²) in [5.74, 6) is -1.19. The summed E-state index contributed by atoms with van der Waals surface area (Å²) in [6.45, 7) is 1.55. The summed E-state index contributed by atoms with van der Waals surface area (Å²) in [5.41, 5.74) is 1.64. The van der Waals surface area contributed by atoms with E-state index in [1.54, 1.807) is 25.2 Å². The van der Waals surface area contributed by atoms with Gasteiger partial charge in [-0.05, 0) is 25.1 Å². The SMILES string of the molecule is CC(C(=O)O)N1CC(=O)N(C)c2cc(C#N)ccc21. The summed E-state index contributed by atoms with van der Waals surface area (Å²) in [6.07, 6.45) is 0. The lowest BCUT2D eigenvalue weighted by molar-refractivity contribution is -0.138. The smallest absolute Gasteiger partial charge is 0.326 e. The number of likely N-dealkylation sites (N-methyl/N-ethyl adjacent to an activating group) is 1. The lowest BCUT2D eigenvalue weighted by Crippen LogP contribution is -2.50. The maximum atomic E-state index is 11.9. The zero-order valence-corrected chi connectivity index (χ0v) is 10.6. The molecular formula is C13H13N3O3. The van der Waals surface area contributed by atoms with Crippen LogP contribution in [0.2, 0.25) is 0 Å². The van der Waals surface area contributed by atoms with Gasteiger partial charge in [-0.15, -0.1) is 0 Å². The first kappa shape index (κ1) is 12.9. The molecule has 1 atom stereocenters. The topological polar surface area (TPSA) is 84.6 Å². The lowest BCUT2D eigenvalue weighted by atomic mass is 10.1. The molecular weight excluding hydrogens is 246 g/mol. The molecule has 0 saturated carbocycles. The zero-order chi connectivity index (χ0) is 14.2. The second kappa shape index (κ2) is 4.61. The number of rotatable bonds is 2. The standard InChI is InChI=1S/C13H13N3O3/c1-8(13(18)19)16-7-12(17)15(2)11-5-9(6-14)3-4-10(11)16/h3-5,8H,7H2,1-2H3,(H,18,19). The summed E-state index contributed by atoms with van der Waals surface area (Å²) in [5, 5.41) is 18.0. The summed E-state index contributed by atoms with van der Waals surface area (Å²) in [6, 6.07) is 6.09. The average Bonchev–Trinajstić information content (AvgIpc) is 2.41. The van der Waals surface area contributed by atoms with Crippen LogP contribution in [0.5, 0.6) is 0 Å². The maximum Gasteiger partial charge on any atom is 0.326 e. The molecule has 1 unspecified atom stereocenters. The number of aliphatic carboxylic acids is 1. The Hall–Kier alpha value is -2.55. The number of nitrogens with zero attached hydrogens (tertiary/aromatic N) is 3. The number of benzene rings is 1. The number of carboxylic acids is 1. The van der Waals surface area contributed by atoms with Crippen molar-refractivity contribution >= 4 is 23.3 Å². The molecule has 0 fully saturated rings. The van der Waals surface area contributed by atoms with Gasteiger partial charge in [0.15, 0.2) is 0 Å². The summed E-state index contributed by atoms with van der Waals surface area (Å²) in [7, 11) is 1.62. The number of hydrogen-bond acceptors (Lipinski definition) is 4. The number of carbonyl (C=O) groups is 2. The van der Waals surface area contributed by atoms with Crippen molar-refractivity contribution in [3.8, 4) is 6.07 Å². The fourth-order valence-electron chi connectivity index (χ4n) is 2.05. The Kier molecular flexibility index (Phi) is 3.13. The van der Waals surface area contributed by atoms with Crippen LogP contribution in [0.25, 0.3) is 0 Å². The van der Waals surface area contributed by atoms with Crippen molar-refractivity contribution in [2.45, 2.75) is 13.0 Å². The third kappa shape index (κ3) is 2.10. The maximum absolute atomic E-state index is 11.9. The predicted molar refractivity (Wildman–Crippen MR) is 69.0 cm³/mol. The fourth-order valence-corrected chi connectivity index (χ4v) is 2.05. The number of nitriles is 1. The summed E-state index contributed by atoms with van der Waals surface area (Å²) >= 11 is 0. The van der Waals surface area contributed by atoms with Crippen molar-refractivity contribution in [2.24, 2.45) is 0 Å². The van der Waals surface area contributed by atoms with Crippen LogP contribution in [-0.4, -0.2) is 36.6 Å². The van der Waals surface area contributed by atoms with E-state index in [-0.39, 0.29) is 12.5 Å². The molecule has 1 aromatic carbocycles. The number of fused-ring (bicyclic) bond motifs is 1. The Bertz CT molecular complexity index is 591. The van der Waals surface area contributed by atoms with E-state index in [0.717, 1.165) is 0 Å². The first-order valence-electron chi connectivity index (χ1n) is 5.76. The third-order valence-electron chi connectivity index (χ3n) is 3.28. The van der Waals surface area contributed by atoms with Gasteiger partial charge in [0.1, 0.15) is 6.04 Å². The second-order valence-electron chi connectivity index (χ2n) is 4.41. The molecule has 19 heavy (non-hydrogen) atoms. The minimum atomic E-state index is -0.993. The van der Waals surface area contributed by atoms with Crippen LogP contribution < -0.4 is 9.80 Å². The second-order valence-corrected chi connectivity index (χ2v) is 4.41. The molecule has 2 rings (SSSR count). The Balaban J connectivity index is 2.54. The molecule has 1 N–H and O–H groups in total. The normalized spacial score (nSPS) is 15.7. The van der Waals surface area contributed by atoms with Crippen LogP contribution >= 0.6 is 0 Å². The van der Waals surface area contributed by atoms with Crippen LogP contribution in [0.15, 0.2) is 18.2 Å². The van der Waals surface area contributed by atoms with Gasteiger partial charge in [-0.3, -0.25) is 4.79 Å². The van der Waals surface area contributed by atoms with E-state index in [2.05, 4.69) is 0 Å². The van der Waals surface area contributed by atoms with Gasteiger partial charge in [-0.1, -0.05) is 0 Å². The number of carbonyl (C=O) groups excluding carboxylic acids is 1. The van der Waals surface area contributed by atoms with Crippen molar-refractivity contribution in [3.05, 3.63) is 23.8 Å². The largest absolute Gasteiger partial charge is 0.480 e. The fraction of sp³-hybridized carbons (Fsp3) is 0.308. The highest BCUT2D eigenvalue weighted by Gasteiger charge is 2.32. The van der Waals surface area contributed by atoms with Crippen molar-refractivity contribution in [1.82, 2.24) is 0 Å². The molecule has 0 aromatic heterocycles. The van der Waals surface area contributed by atoms with E-state index in [4.69, 9.17) is 10.4 Å². The Morgan fingerprint density at radius 1 is 1.47 bits per heavy atom. The monoisotopic (exact) mass is 259 g/mol. The van der Waals surface area contributed by atoms with E-state index >= 15 is 0 Å². The van der Waals surface area contributed by atoms with Crippen molar-refractivity contribution in [2.75, 3.05) is 23.4 Å². The van der Waals surface area contributed by atoms with Gasteiger partial charge in [0.05, 0.1) is 29.6 Å². The van der Waals surface area contributed by atoms with Gasteiger partial charge < -0.3 is 14.9 Å². The number of carboxylic acid groups (broad SMARTS) is 1. The molecule has 1 aliphatic heterocycles. The molecule has 1 aromatic rings. The van der Waals surface area contributed by atoms with E-state index in [1.165, 1.54) is 16.7 Å². The first-order chi connectivity index (χ1) is 8.95. The predicted octanol–water partition coefficient (Wildman–Crippen LogP) is 0.814. The van der Waals surface area contributed by atoms with Crippen LogP contribution in [0.3, 0.4) is 0 Å². The van der Waals surface area contributed by atoms with Gasteiger partial charge in [0.2, 0.25) is 5.91 Å². The van der Waals surface area contributed by atoms with E-state index in [1.807, 2.05) is 6.07 Å². The molecule has 6 nitrogen and oxygen atoms in total. The minimum Gasteiger partial charge on any atom is -0.480 e. The van der Waals surface area contributed by atoms with Crippen LogP contribution in [0.1, 0.15) is 12.5 Å². The van der Waals surface area contributed by atoms with Gasteiger partial charge in [-0.2, -0.15) is 5.26 Å². The van der Waals surface area contributed by atoms with Crippen molar-refractivity contribution in [1.29, 1.82) is 5.26 Å². The molecule has 1 amide bonds. The number of amides is 1. The van der Waals surface area contributed by atoms with Gasteiger partial charge >= 0.3 is 5.97 Å². The quantitative estimate of drug-likeness (QED) is 0.849. The number of anilines is 2. The average molecular weight is 259 g/mol. The zero-order valence-electron chi connectivity index (χ0n) is 10.6. The van der Waals surface area contributed by atoms with Crippen LogP contribution in [0, 0.1) is 11.3 Å². The highest BCUT2D eigenvalue weighted by molar-refractivity contribution is 6.04. The molecule has 1 heterocycles. The molecule has 98 valence electrons. The highest BCUT2D eigenvalue weighted by atomic mass is 16.4. The van der Waals surface area contributed by atoms with E-state index < -0.39 is 12.0 Å². The summed E-state index contributed by atoms with van der Waals surface area (Å²) in [4.78, 5) is 26.0. The molecule has 0 aliphatic carbocycles. The highest BCUT2D eigenvalue weighted by Crippen LogP contribution is 2.34. The van der Waals surface area contributed by atoms with E-state index in [0.29, 0.717) is 16.9 Å². The Morgan fingerprint density at radius 3 is 2.74 bits per heavy atom. The van der Waals surface area contributed by atoms with Crippen molar-refractivity contribution in [3.63, 3.8) is 0 Å². The molecule has 0 bridgehead atoms.